The van der Waals surface area contributed by atoms with Crippen LogP contribution in [0.5, 0.6) is 0 Å². The second kappa shape index (κ2) is 7.03. The lowest BCUT2D eigenvalue weighted by atomic mass is 9.80. The Labute approximate surface area is 146 Å². The SMILES string of the molecule is O=C1CC(c2ccc(F)cc2)C(C(=O)OCC(Cl)(Cl)Cl)C(=O)N1. The molecule has 1 aliphatic rings. The van der Waals surface area contributed by atoms with Gasteiger partial charge in [-0.3, -0.25) is 19.7 Å². The van der Waals surface area contributed by atoms with E-state index in [-0.39, 0.29) is 6.42 Å². The smallest absolute Gasteiger partial charge is 0.319 e. The zero-order valence-corrected chi connectivity index (χ0v) is 13.8. The Hall–Kier alpha value is -1.37. The molecule has 0 bridgehead atoms. The minimum Gasteiger partial charge on any atom is -0.461 e. The van der Waals surface area contributed by atoms with Gasteiger partial charge in [0, 0.05) is 12.3 Å². The van der Waals surface area contributed by atoms with Gasteiger partial charge in [0.15, 0.2) is 0 Å². The lowest BCUT2D eigenvalue weighted by molar-refractivity contribution is -0.156. The molecule has 2 rings (SSSR count). The Kier molecular flexibility index (Phi) is 5.49. The van der Waals surface area contributed by atoms with E-state index < -0.39 is 45.8 Å². The Morgan fingerprint density at radius 3 is 2.43 bits per heavy atom. The number of nitrogens with one attached hydrogen (secondary N) is 1. The first-order valence-electron chi connectivity index (χ1n) is 6.50. The minimum absolute atomic E-state index is 0.120. The number of esters is 1. The van der Waals surface area contributed by atoms with Gasteiger partial charge in [0.1, 0.15) is 18.3 Å². The number of hydrogen-bond acceptors (Lipinski definition) is 4. The van der Waals surface area contributed by atoms with Gasteiger partial charge in [-0.1, -0.05) is 46.9 Å². The van der Waals surface area contributed by atoms with Gasteiger partial charge in [-0.05, 0) is 17.7 Å². The molecule has 5 nitrogen and oxygen atoms in total. The van der Waals surface area contributed by atoms with Crippen molar-refractivity contribution >= 4 is 52.6 Å². The molecular formula is C14H11Cl3FNO4. The quantitative estimate of drug-likeness (QED) is 0.377. The molecule has 2 unspecified atom stereocenters. The van der Waals surface area contributed by atoms with Crippen molar-refractivity contribution in [2.75, 3.05) is 6.61 Å². The lowest BCUT2D eigenvalue weighted by Crippen LogP contribution is -2.48. The Balaban J connectivity index is 2.24. The van der Waals surface area contributed by atoms with E-state index in [1.54, 1.807) is 0 Å². The fourth-order valence-corrected chi connectivity index (χ4v) is 2.46. The minimum atomic E-state index is -1.82. The van der Waals surface area contributed by atoms with Crippen LogP contribution in [0.2, 0.25) is 0 Å². The van der Waals surface area contributed by atoms with Crippen LogP contribution in [0.4, 0.5) is 4.39 Å². The summed E-state index contributed by atoms with van der Waals surface area (Å²) in [5, 5.41) is 2.07. The van der Waals surface area contributed by atoms with Gasteiger partial charge in [0.05, 0.1) is 0 Å². The number of rotatable bonds is 3. The predicted octanol–water partition coefficient (Wildman–Crippen LogP) is 2.49. The number of imide groups is 1. The highest BCUT2D eigenvalue weighted by Gasteiger charge is 2.43. The van der Waals surface area contributed by atoms with E-state index in [9.17, 15) is 18.8 Å². The van der Waals surface area contributed by atoms with E-state index in [0.29, 0.717) is 5.56 Å². The molecule has 1 aliphatic heterocycles. The third-order valence-electron chi connectivity index (χ3n) is 3.28. The largest absolute Gasteiger partial charge is 0.461 e. The summed E-state index contributed by atoms with van der Waals surface area (Å²) < 4.78 is 16.1. The maximum atomic E-state index is 13.0. The Morgan fingerprint density at radius 1 is 1.26 bits per heavy atom. The molecule has 1 heterocycles. The fraction of sp³-hybridized carbons (Fsp3) is 0.357. The van der Waals surface area contributed by atoms with Crippen LogP contribution in [0, 0.1) is 11.7 Å². The molecule has 0 aromatic heterocycles. The van der Waals surface area contributed by atoms with Gasteiger partial charge < -0.3 is 4.74 Å². The maximum absolute atomic E-state index is 13.0. The number of alkyl halides is 3. The summed E-state index contributed by atoms with van der Waals surface area (Å²) in [6.07, 6.45) is -0.120. The molecule has 0 aliphatic carbocycles. The van der Waals surface area contributed by atoms with Gasteiger partial charge in [-0.15, -0.1) is 0 Å². The number of halogens is 4. The molecule has 124 valence electrons. The average Bonchev–Trinajstić information content (AvgIpc) is 2.44. The van der Waals surface area contributed by atoms with Crippen molar-refractivity contribution in [2.24, 2.45) is 5.92 Å². The van der Waals surface area contributed by atoms with E-state index in [4.69, 9.17) is 39.5 Å². The van der Waals surface area contributed by atoms with Gasteiger partial charge in [-0.2, -0.15) is 0 Å². The highest BCUT2D eigenvalue weighted by Crippen LogP contribution is 2.33. The highest BCUT2D eigenvalue weighted by molar-refractivity contribution is 6.67. The van der Waals surface area contributed by atoms with Crippen LogP contribution < -0.4 is 5.32 Å². The van der Waals surface area contributed by atoms with Crippen LogP contribution >= 0.6 is 34.8 Å². The fourth-order valence-electron chi connectivity index (χ4n) is 2.30. The van der Waals surface area contributed by atoms with Crippen molar-refractivity contribution in [1.29, 1.82) is 0 Å². The predicted molar refractivity (Wildman–Crippen MR) is 81.6 cm³/mol. The summed E-state index contributed by atoms with van der Waals surface area (Å²) in [5.74, 6) is -4.80. The molecule has 23 heavy (non-hydrogen) atoms. The number of amides is 2. The molecule has 0 radical (unpaired) electrons. The molecule has 1 fully saturated rings. The maximum Gasteiger partial charge on any atom is 0.319 e. The van der Waals surface area contributed by atoms with Crippen molar-refractivity contribution in [3.63, 3.8) is 0 Å². The number of benzene rings is 1. The molecule has 1 saturated heterocycles. The van der Waals surface area contributed by atoms with Gasteiger partial charge >= 0.3 is 5.97 Å². The second-order valence-electron chi connectivity index (χ2n) is 4.98. The van der Waals surface area contributed by atoms with Gasteiger partial charge in [-0.25, -0.2) is 4.39 Å². The normalized spacial score (nSPS) is 21.7. The van der Waals surface area contributed by atoms with Crippen molar-refractivity contribution in [3.8, 4) is 0 Å². The highest BCUT2D eigenvalue weighted by atomic mass is 35.6. The molecule has 9 heteroatoms. The Morgan fingerprint density at radius 2 is 1.87 bits per heavy atom. The number of carbonyl (C=O) groups is 3. The van der Waals surface area contributed by atoms with Crippen molar-refractivity contribution < 1.29 is 23.5 Å². The zero-order chi connectivity index (χ0) is 17.2. The van der Waals surface area contributed by atoms with E-state index in [0.717, 1.165) is 0 Å². The molecule has 1 aromatic carbocycles. The third kappa shape index (κ3) is 4.80. The first-order valence-corrected chi connectivity index (χ1v) is 7.63. The van der Waals surface area contributed by atoms with Crippen molar-refractivity contribution in [3.05, 3.63) is 35.6 Å². The number of ether oxygens (including phenoxy) is 1. The molecule has 2 amide bonds. The molecule has 0 saturated carbocycles. The van der Waals surface area contributed by atoms with E-state index in [2.05, 4.69) is 5.32 Å². The van der Waals surface area contributed by atoms with E-state index in [1.165, 1.54) is 24.3 Å². The molecule has 0 spiro atoms. The summed E-state index contributed by atoms with van der Waals surface area (Å²) in [6, 6.07) is 5.16. The van der Waals surface area contributed by atoms with Crippen molar-refractivity contribution in [1.82, 2.24) is 5.32 Å². The monoisotopic (exact) mass is 381 g/mol. The van der Waals surface area contributed by atoms with Crippen LogP contribution in [0.1, 0.15) is 17.9 Å². The summed E-state index contributed by atoms with van der Waals surface area (Å²) in [4.78, 5) is 35.8. The van der Waals surface area contributed by atoms with Gasteiger partial charge in [0.25, 0.3) is 0 Å². The van der Waals surface area contributed by atoms with E-state index >= 15 is 0 Å². The summed E-state index contributed by atoms with van der Waals surface area (Å²) in [7, 11) is 0. The first kappa shape index (κ1) is 18.0. The standard InChI is InChI=1S/C14H11Cl3FNO4/c15-14(16,17)6-23-13(22)11-9(5-10(20)19-12(11)21)7-1-3-8(18)4-2-7/h1-4,9,11H,5-6H2,(H,19,20,21). The summed E-state index contributed by atoms with van der Waals surface area (Å²) >= 11 is 16.5. The molecule has 2 atom stereocenters. The topological polar surface area (TPSA) is 72.5 Å². The van der Waals surface area contributed by atoms with Crippen molar-refractivity contribution in [2.45, 2.75) is 16.1 Å². The lowest BCUT2D eigenvalue weighted by Gasteiger charge is -2.29. The Bertz CT molecular complexity index is 630. The molecule has 1 aromatic rings. The summed E-state index contributed by atoms with van der Waals surface area (Å²) in [5.41, 5.74) is 0.463. The molecule has 1 N–H and O–H groups in total. The van der Waals surface area contributed by atoms with Crippen LogP contribution in [-0.4, -0.2) is 28.2 Å². The average molecular weight is 383 g/mol. The molecular weight excluding hydrogens is 372 g/mol. The van der Waals surface area contributed by atoms with E-state index in [1.807, 2.05) is 0 Å². The van der Waals surface area contributed by atoms with Crippen LogP contribution in [0.15, 0.2) is 24.3 Å². The number of carbonyl (C=O) groups excluding carboxylic acids is 3. The summed E-state index contributed by atoms with van der Waals surface area (Å²) in [6.45, 7) is -0.537. The second-order valence-corrected chi connectivity index (χ2v) is 7.49. The third-order valence-corrected chi connectivity index (χ3v) is 3.61. The van der Waals surface area contributed by atoms with Crippen LogP contribution in [0.3, 0.4) is 0 Å². The van der Waals surface area contributed by atoms with Gasteiger partial charge in [0.2, 0.25) is 15.6 Å². The number of hydrogen-bond donors (Lipinski definition) is 1. The van der Waals surface area contributed by atoms with Crippen LogP contribution in [-0.2, 0) is 19.1 Å². The number of piperidine rings is 1. The zero-order valence-electron chi connectivity index (χ0n) is 11.5. The first-order chi connectivity index (χ1) is 10.7. The van der Waals surface area contributed by atoms with Crippen LogP contribution in [0.25, 0.3) is 0 Å².